The summed E-state index contributed by atoms with van der Waals surface area (Å²) in [5.74, 6) is 2.24. The van der Waals surface area contributed by atoms with Crippen molar-refractivity contribution in [2.45, 2.75) is 25.7 Å². The van der Waals surface area contributed by atoms with Crippen molar-refractivity contribution < 1.29 is 0 Å². The number of nitrogens with one attached hydrogen (secondary N) is 1. The third-order valence-electron chi connectivity index (χ3n) is 5.72. The van der Waals surface area contributed by atoms with Gasteiger partial charge < -0.3 is 14.6 Å². The zero-order chi connectivity index (χ0) is 19.3. The van der Waals surface area contributed by atoms with Gasteiger partial charge in [0.05, 0.1) is 5.69 Å². The summed E-state index contributed by atoms with van der Waals surface area (Å²) < 4.78 is 2.07. The monoisotopic (exact) mass is 503 g/mol. The highest BCUT2D eigenvalue weighted by Crippen LogP contribution is 2.32. The fourth-order valence-corrected chi connectivity index (χ4v) is 4.28. The van der Waals surface area contributed by atoms with Crippen LogP contribution in [-0.2, 0) is 6.42 Å². The Balaban J connectivity index is 0.00000240. The number of aromatic nitrogens is 2. The van der Waals surface area contributed by atoms with Gasteiger partial charge in [-0.15, -0.1) is 24.0 Å². The first-order valence-electron chi connectivity index (χ1n) is 10.2. The highest BCUT2D eigenvalue weighted by atomic mass is 127. The Bertz CT molecular complexity index is 904. The standard InChI is InChI=1S/C23H29N5.HI/c1-18-16-28(15-12-21(18)19-8-4-3-5-9-19)23(24-2)25-13-11-20-17-27-14-7-6-10-22(27)26-20;/h3-10,14,17-18,21H,11-13,15-16H2,1-2H3,(H,24,25);1H. The van der Waals surface area contributed by atoms with E-state index >= 15 is 0 Å². The number of hydrogen-bond acceptors (Lipinski definition) is 2. The van der Waals surface area contributed by atoms with Crippen LogP contribution in [-0.4, -0.2) is 46.9 Å². The fraction of sp³-hybridized carbons (Fsp3) is 0.391. The summed E-state index contributed by atoms with van der Waals surface area (Å²) in [6, 6.07) is 17.0. The van der Waals surface area contributed by atoms with Crippen LogP contribution in [0, 0.1) is 5.92 Å². The van der Waals surface area contributed by atoms with Crippen molar-refractivity contribution in [1.29, 1.82) is 0 Å². The number of nitrogens with zero attached hydrogens (tertiary/aromatic N) is 4. The first-order valence-corrected chi connectivity index (χ1v) is 10.2. The lowest BCUT2D eigenvalue weighted by Crippen LogP contribution is -2.48. The number of fused-ring (bicyclic) bond motifs is 1. The molecule has 0 saturated carbocycles. The summed E-state index contributed by atoms with van der Waals surface area (Å²) in [6.45, 7) is 5.27. The van der Waals surface area contributed by atoms with Gasteiger partial charge in [-0.05, 0) is 36.0 Å². The zero-order valence-electron chi connectivity index (χ0n) is 17.2. The highest BCUT2D eigenvalue weighted by molar-refractivity contribution is 14.0. The minimum Gasteiger partial charge on any atom is -0.356 e. The summed E-state index contributed by atoms with van der Waals surface area (Å²) in [7, 11) is 1.88. The highest BCUT2D eigenvalue weighted by Gasteiger charge is 2.28. The SMILES string of the molecule is CN=C(NCCc1cn2ccccc2n1)N1CCC(c2ccccc2)C(C)C1.I. The van der Waals surface area contributed by atoms with E-state index in [1.165, 1.54) is 5.56 Å². The zero-order valence-corrected chi connectivity index (χ0v) is 19.5. The number of guanidine groups is 1. The van der Waals surface area contributed by atoms with Crippen LogP contribution in [0.4, 0.5) is 0 Å². The molecule has 3 aromatic rings. The Morgan fingerprint density at radius 2 is 1.97 bits per heavy atom. The molecule has 2 aromatic heterocycles. The van der Waals surface area contributed by atoms with Gasteiger partial charge in [-0.1, -0.05) is 43.3 Å². The number of likely N-dealkylation sites (tertiary alicyclic amines) is 1. The molecule has 2 atom stereocenters. The smallest absolute Gasteiger partial charge is 0.193 e. The van der Waals surface area contributed by atoms with Gasteiger partial charge in [0.25, 0.3) is 0 Å². The van der Waals surface area contributed by atoms with Crippen molar-refractivity contribution in [2.24, 2.45) is 10.9 Å². The average molecular weight is 503 g/mol. The summed E-state index contributed by atoms with van der Waals surface area (Å²) in [6.07, 6.45) is 6.19. The maximum absolute atomic E-state index is 4.67. The second-order valence-electron chi connectivity index (χ2n) is 7.65. The topological polar surface area (TPSA) is 44.9 Å². The molecular weight excluding hydrogens is 473 g/mol. The van der Waals surface area contributed by atoms with Crippen molar-refractivity contribution in [3.8, 4) is 0 Å². The molecule has 5 nitrogen and oxygen atoms in total. The van der Waals surface area contributed by atoms with E-state index in [1.54, 1.807) is 0 Å². The van der Waals surface area contributed by atoms with Gasteiger partial charge in [0, 0.05) is 45.5 Å². The lowest BCUT2D eigenvalue weighted by Gasteiger charge is -2.39. The van der Waals surface area contributed by atoms with E-state index < -0.39 is 0 Å². The van der Waals surface area contributed by atoms with Crippen molar-refractivity contribution >= 4 is 35.6 Å². The maximum atomic E-state index is 4.67. The fourth-order valence-electron chi connectivity index (χ4n) is 4.28. The molecule has 6 heteroatoms. The van der Waals surface area contributed by atoms with Gasteiger partial charge in [-0.2, -0.15) is 0 Å². The quantitative estimate of drug-likeness (QED) is 0.330. The van der Waals surface area contributed by atoms with E-state index in [4.69, 9.17) is 0 Å². The summed E-state index contributed by atoms with van der Waals surface area (Å²) >= 11 is 0. The van der Waals surface area contributed by atoms with Gasteiger partial charge in [-0.3, -0.25) is 4.99 Å². The Kier molecular flexibility index (Phi) is 7.52. The lowest BCUT2D eigenvalue weighted by atomic mass is 9.82. The first kappa shape index (κ1) is 21.6. The first-order chi connectivity index (χ1) is 13.7. The lowest BCUT2D eigenvalue weighted by molar-refractivity contribution is 0.234. The van der Waals surface area contributed by atoms with Crippen LogP contribution in [0.2, 0.25) is 0 Å². The van der Waals surface area contributed by atoms with E-state index in [0.29, 0.717) is 11.8 Å². The molecule has 0 amide bonds. The van der Waals surface area contributed by atoms with Crippen LogP contribution in [0.1, 0.15) is 30.5 Å². The summed E-state index contributed by atoms with van der Waals surface area (Å²) in [5.41, 5.74) is 3.56. The molecule has 1 aliphatic heterocycles. The number of hydrogen-bond donors (Lipinski definition) is 1. The van der Waals surface area contributed by atoms with Crippen LogP contribution in [0.15, 0.2) is 65.9 Å². The van der Waals surface area contributed by atoms with Crippen LogP contribution in [0.3, 0.4) is 0 Å². The maximum Gasteiger partial charge on any atom is 0.193 e. The van der Waals surface area contributed by atoms with Crippen molar-refractivity contribution in [2.75, 3.05) is 26.7 Å². The molecule has 1 saturated heterocycles. The molecular formula is C23H30IN5. The van der Waals surface area contributed by atoms with Gasteiger partial charge in [0.1, 0.15) is 5.65 Å². The molecule has 1 aromatic carbocycles. The predicted octanol–water partition coefficient (Wildman–Crippen LogP) is 4.20. The Hall–Kier alpha value is -2.09. The van der Waals surface area contributed by atoms with Crippen molar-refractivity contribution in [3.63, 3.8) is 0 Å². The molecule has 2 unspecified atom stereocenters. The minimum atomic E-state index is 0. The predicted molar refractivity (Wildman–Crippen MR) is 130 cm³/mol. The number of imidazole rings is 1. The van der Waals surface area contributed by atoms with E-state index in [2.05, 4.69) is 68.0 Å². The second-order valence-corrected chi connectivity index (χ2v) is 7.65. The van der Waals surface area contributed by atoms with Gasteiger partial charge in [0.15, 0.2) is 5.96 Å². The molecule has 4 rings (SSSR count). The molecule has 1 aliphatic rings. The molecule has 154 valence electrons. The van der Waals surface area contributed by atoms with E-state index in [1.807, 2.05) is 31.4 Å². The number of benzene rings is 1. The number of rotatable bonds is 4. The third-order valence-corrected chi connectivity index (χ3v) is 5.72. The van der Waals surface area contributed by atoms with Crippen LogP contribution >= 0.6 is 24.0 Å². The Morgan fingerprint density at radius 3 is 2.69 bits per heavy atom. The second kappa shape index (κ2) is 10.1. The van der Waals surface area contributed by atoms with Gasteiger partial charge in [0.2, 0.25) is 0 Å². The molecule has 0 spiro atoms. The number of halogens is 1. The van der Waals surface area contributed by atoms with E-state index in [0.717, 1.165) is 49.8 Å². The molecule has 0 radical (unpaired) electrons. The van der Waals surface area contributed by atoms with Crippen LogP contribution < -0.4 is 5.32 Å². The Labute approximate surface area is 190 Å². The van der Waals surface area contributed by atoms with E-state index in [-0.39, 0.29) is 24.0 Å². The molecule has 0 bridgehead atoms. The van der Waals surface area contributed by atoms with Crippen molar-refractivity contribution in [1.82, 2.24) is 19.6 Å². The molecule has 3 heterocycles. The third kappa shape index (κ3) is 5.10. The van der Waals surface area contributed by atoms with Gasteiger partial charge >= 0.3 is 0 Å². The van der Waals surface area contributed by atoms with Gasteiger partial charge in [-0.25, -0.2) is 4.98 Å². The molecule has 0 aliphatic carbocycles. The molecule has 29 heavy (non-hydrogen) atoms. The number of piperidine rings is 1. The number of pyridine rings is 1. The van der Waals surface area contributed by atoms with Crippen molar-refractivity contribution in [3.05, 3.63) is 72.2 Å². The molecule has 1 fully saturated rings. The molecule has 1 N–H and O–H groups in total. The van der Waals surface area contributed by atoms with Crippen LogP contribution in [0.5, 0.6) is 0 Å². The summed E-state index contributed by atoms with van der Waals surface area (Å²) in [5, 5.41) is 3.53. The van der Waals surface area contributed by atoms with Crippen LogP contribution in [0.25, 0.3) is 5.65 Å². The summed E-state index contributed by atoms with van der Waals surface area (Å²) in [4.78, 5) is 11.6. The number of aliphatic imine (C=N–C) groups is 1. The van der Waals surface area contributed by atoms with E-state index in [9.17, 15) is 0 Å². The minimum absolute atomic E-state index is 0. The average Bonchev–Trinajstić information content (AvgIpc) is 3.14. The Morgan fingerprint density at radius 1 is 1.17 bits per heavy atom. The largest absolute Gasteiger partial charge is 0.356 e. The normalized spacial score (nSPS) is 19.8.